The van der Waals surface area contributed by atoms with Crippen molar-refractivity contribution in [2.75, 3.05) is 39.3 Å². The zero-order valence-electron chi connectivity index (χ0n) is 15.6. The quantitative estimate of drug-likeness (QED) is 0.719. The van der Waals surface area contributed by atoms with E-state index in [-0.39, 0.29) is 50.3 Å². The number of urea groups is 1. The first-order valence-electron chi connectivity index (χ1n) is 9.04. The number of sulfonamides is 1. The van der Waals surface area contributed by atoms with Crippen molar-refractivity contribution in [1.29, 1.82) is 0 Å². The van der Waals surface area contributed by atoms with Crippen LogP contribution in [-0.4, -0.2) is 63.0 Å². The monoisotopic (exact) mass is 425 g/mol. The number of hydrogen-bond donors (Lipinski definition) is 1. The molecule has 0 bridgehead atoms. The van der Waals surface area contributed by atoms with Gasteiger partial charge in [-0.1, -0.05) is 18.2 Å². The summed E-state index contributed by atoms with van der Waals surface area (Å²) in [6.45, 7) is 0.891. The minimum absolute atomic E-state index is 0.0733. The lowest BCUT2D eigenvalue weighted by Crippen LogP contribution is -2.53. The van der Waals surface area contributed by atoms with E-state index in [2.05, 4.69) is 5.32 Å². The number of benzene rings is 2. The maximum atomic E-state index is 13.8. The highest BCUT2D eigenvalue weighted by Gasteiger charge is 2.31. The molecule has 7 nitrogen and oxygen atoms in total. The smallest absolute Gasteiger partial charge is 0.317 e. The molecule has 1 aliphatic heterocycles. The van der Waals surface area contributed by atoms with Gasteiger partial charge in [-0.3, -0.25) is 0 Å². The fourth-order valence-electron chi connectivity index (χ4n) is 2.92. The molecule has 2 aromatic carbocycles. The number of ether oxygens (including phenoxy) is 1. The van der Waals surface area contributed by atoms with E-state index in [1.807, 2.05) is 0 Å². The molecule has 2 aromatic rings. The predicted molar refractivity (Wildman–Crippen MR) is 102 cm³/mol. The summed E-state index contributed by atoms with van der Waals surface area (Å²) in [5.41, 5.74) is 0. The SMILES string of the molecule is O=C(NCCOc1cccc(F)c1)N1CCN(S(=O)(=O)c2ccccc2F)CC1. The summed E-state index contributed by atoms with van der Waals surface area (Å²) in [7, 11) is -3.95. The number of halogens is 2. The molecule has 0 saturated carbocycles. The molecule has 0 atom stereocenters. The van der Waals surface area contributed by atoms with Gasteiger partial charge in [-0.15, -0.1) is 0 Å². The van der Waals surface area contributed by atoms with Crippen molar-refractivity contribution in [3.05, 3.63) is 60.2 Å². The zero-order chi connectivity index (χ0) is 20.9. The van der Waals surface area contributed by atoms with Crippen molar-refractivity contribution in [3.8, 4) is 5.75 Å². The first kappa shape index (κ1) is 21.0. The van der Waals surface area contributed by atoms with Gasteiger partial charge in [-0.05, 0) is 24.3 Å². The number of rotatable bonds is 6. The summed E-state index contributed by atoms with van der Waals surface area (Å²) in [6, 6.07) is 10.6. The molecule has 1 heterocycles. The second kappa shape index (κ2) is 9.19. The number of nitrogens with zero attached hydrogens (tertiary/aromatic N) is 2. The summed E-state index contributed by atoms with van der Waals surface area (Å²) in [6.07, 6.45) is 0. The standard InChI is InChI=1S/C19H21F2N3O4S/c20-15-4-3-5-16(14-15)28-13-8-22-19(25)23-9-11-24(12-10-23)29(26,27)18-7-2-1-6-17(18)21/h1-7,14H,8-13H2,(H,22,25). The highest BCUT2D eigenvalue weighted by Crippen LogP contribution is 2.20. The second-order valence-corrected chi connectivity index (χ2v) is 8.27. The minimum atomic E-state index is -3.95. The van der Waals surface area contributed by atoms with E-state index in [4.69, 9.17) is 4.74 Å². The molecule has 3 rings (SSSR count). The summed E-state index contributed by atoms with van der Waals surface area (Å²) in [5.74, 6) is -0.841. The molecule has 0 spiro atoms. The van der Waals surface area contributed by atoms with Crippen LogP contribution in [0.2, 0.25) is 0 Å². The number of nitrogens with one attached hydrogen (secondary N) is 1. The third-order valence-electron chi connectivity index (χ3n) is 4.42. The van der Waals surface area contributed by atoms with Gasteiger partial charge in [0.1, 0.15) is 28.9 Å². The highest BCUT2D eigenvalue weighted by molar-refractivity contribution is 7.89. The van der Waals surface area contributed by atoms with Crippen LogP contribution in [0.25, 0.3) is 0 Å². The molecule has 0 aromatic heterocycles. The average molecular weight is 425 g/mol. The Morgan fingerprint density at radius 1 is 1.03 bits per heavy atom. The van der Waals surface area contributed by atoms with Crippen LogP contribution in [0.5, 0.6) is 5.75 Å². The predicted octanol–water partition coefficient (Wildman–Crippen LogP) is 2.06. The molecule has 1 N–H and O–H groups in total. The topological polar surface area (TPSA) is 79.0 Å². The van der Waals surface area contributed by atoms with Gasteiger partial charge in [0.15, 0.2) is 0 Å². The minimum Gasteiger partial charge on any atom is -0.492 e. The lowest BCUT2D eigenvalue weighted by Gasteiger charge is -2.34. The maximum absolute atomic E-state index is 13.8. The maximum Gasteiger partial charge on any atom is 0.317 e. The molecule has 10 heteroatoms. The molecule has 0 aliphatic carbocycles. The second-order valence-electron chi connectivity index (χ2n) is 6.36. The van der Waals surface area contributed by atoms with Crippen LogP contribution in [-0.2, 0) is 10.0 Å². The average Bonchev–Trinajstić information content (AvgIpc) is 2.71. The number of piperazine rings is 1. The molecule has 1 aliphatic rings. The Hall–Kier alpha value is -2.72. The summed E-state index contributed by atoms with van der Waals surface area (Å²) < 4.78 is 58.6. The number of carbonyl (C=O) groups is 1. The largest absolute Gasteiger partial charge is 0.492 e. The Morgan fingerprint density at radius 2 is 1.76 bits per heavy atom. The molecule has 2 amide bonds. The number of amides is 2. The lowest BCUT2D eigenvalue weighted by atomic mass is 10.3. The van der Waals surface area contributed by atoms with E-state index in [1.165, 1.54) is 45.6 Å². The zero-order valence-corrected chi connectivity index (χ0v) is 16.4. The van der Waals surface area contributed by atoms with Gasteiger partial charge < -0.3 is 15.0 Å². The van der Waals surface area contributed by atoms with Gasteiger partial charge in [0.25, 0.3) is 0 Å². The van der Waals surface area contributed by atoms with Crippen LogP contribution in [0.3, 0.4) is 0 Å². The van der Waals surface area contributed by atoms with E-state index in [0.717, 1.165) is 6.07 Å². The Kier molecular flexibility index (Phi) is 6.65. The van der Waals surface area contributed by atoms with Gasteiger partial charge in [0.2, 0.25) is 10.0 Å². The fraction of sp³-hybridized carbons (Fsp3) is 0.316. The Morgan fingerprint density at radius 3 is 2.45 bits per heavy atom. The Labute approximate surface area is 167 Å². The highest BCUT2D eigenvalue weighted by atomic mass is 32.2. The molecule has 1 saturated heterocycles. The van der Waals surface area contributed by atoms with Crippen molar-refractivity contribution < 1.29 is 26.7 Å². The third-order valence-corrected chi connectivity index (χ3v) is 6.36. The van der Waals surface area contributed by atoms with Gasteiger partial charge in [0.05, 0.1) is 6.54 Å². The van der Waals surface area contributed by atoms with E-state index >= 15 is 0 Å². The third kappa shape index (κ3) is 5.21. The van der Waals surface area contributed by atoms with E-state index in [0.29, 0.717) is 5.75 Å². The Bertz CT molecular complexity index is 963. The first-order chi connectivity index (χ1) is 13.9. The van der Waals surface area contributed by atoms with Crippen molar-refractivity contribution in [2.45, 2.75) is 4.90 Å². The van der Waals surface area contributed by atoms with Gasteiger partial charge in [-0.25, -0.2) is 22.0 Å². The van der Waals surface area contributed by atoms with E-state index < -0.39 is 21.7 Å². The molecule has 156 valence electrons. The van der Waals surface area contributed by atoms with Crippen LogP contribution in [0, 0.1) is 11.6 Å². The van der Waals surface area contributed by atoms with Gasteiger partial charge in [0, 0.05) is 32.2 Å². The van der Waals surface area contributed by atoms with Crippen molar-refractivity contribution >= 4 is 16.1 Å². The van der Waals surface area contributed by atoms with Crippen LogP contribution < -0.4 is 10.1 Å². The Balaban J connectivity index is 1.45. The van der Waals surface area contributed by atoms with Gasteiger partial charge >= 0.3 is 6.03 Å². The van der Waals surface area contributed by atoms with Gasteiger partial charge in [-0.2, -0.15) is 4.31 Å². The molecule has 0 radical (unpaired) electrons. The molecular formula is C19H21F2N3O4S. The molecule has 1 fully saturated rings. The van der Waals surface area contributed by atoms with Crippen molar-refractivity contribution in [2.24, 2.45) is 0 Å². The summed E-state index contributed by atoms with van der Waals surface area (Å²) in [4.78, 5) is 13.3. The van der Waals surface area contributed by atoms with Crippen molar-refractivity contribution in [3.63, 3.8) is 0 Å². The molecule has 0 unspecified atom stereocenters. The van der Waals surface area contributed by atoms with E-state index in [9.17, 15) is 22.0 Å². The fourth-order valence-corrected chi connectivity index (χ4v) is 4.41. The van der Waals surface area contributed by atoms with E-state index in [1.54, 1.807) is 6.07 Å². The molecular weight excluding hydrogens is 404 g/mol. The normalized spacial score (nSPS) is 15.2. The number of carbonyl (C=O) groups excluding carboxylic acids is 1. The van der Waals surface area contributed by atoms with Crippen LogP contribution >= 0.6 is 0 Å². The van der Waals surface area contributed by atoms with Crippen LogP contribution in [0.4, 0.5) is 13.6 Å². The summed E-state index contributed by atoms with van der Waals surface area (Å²) in [5, 5.41) is 2.67. The summed E-state index contributed by atoms with van der Waals surface area (Å²) >= 11 is 0. The van der Waals surface area contributed by atoms with Crippen molar-refractivity contribution in [1.82, 2.24) is 14.5 Å². The first-order valence-corrected chi connectivity index (χ1v) is 10.5. The molecule has 29 heavy (non-hydrogen) atoms. The van der Waals surface area contributed by atoms with Crippen LogP contribution in [0.15, 0.2) is 53.4 Å². The number of hydrogen-bond acceptors (Lipinski definition) is 4. The van der Waals surface area contributed by atoms with Crippen LogP contribution in [0.1, 0.15) is 0 Å². The lowest BCUT2D eigenvalue weighted by molar-refractivity contribution is 0.170.